The van der Waals surface area contributed by atoms with Crippen molar-refractivity contribution in [2.24, 2.45) is 0 Å². The van der Waals surface area contributed by atoms with Crippen molar-refractivity contribution in [2.45, 2.75) is 50.8 Å². The molecule has 5 heteroatoms. The standard InChI is InChI=1S/C11H18ClN3S/c1-11(2,3)9-13-14-10(12)15(9)7-8-5-4-6-16-8/h8H,4-7H2,1-3H3. The molecule has 1 aromatic rings. The summed E-state index contributed by atoms with van der Waals surface area (Å²) < 4.78 is 2.07. The molecule has 1 aliphatic rings. The molecule has 0 spiro atoms. The van der Waals surface area contributed by atoms with Crippen LogP contribution < -0.4 is 0 Å². The number of nitrogens with zero attached hydrogens (tertiary/aromatic N) is 3. The van der Waals surface area contributed by atoms with Crippen molar-refractivity contribution in [1.82, 2.24) is 14.8 Å². The van der Waals surface area contributed by atoms with Gasteiger partial charge in [-0.15, -0.1) is 10.2 Å². The molecule has 2 rings (SSSR count). The van der Waals surface area contributed by atoms with Crippen LogP contribution in [0.1, 0.15) is 39.4 Å². The van der Waals surface area contributed by atoms with Crippen molar-refractivity contribution in [2.75, 3.05) is 5.75 Å². The van der Waals surface area contributed by atoms with Gasteiger partial charge in [0.05, 0.1) is 0 Å². The zero-order valence-corrected chi connectivity index (χ0v) is 11.6. The molecule has 3 nitrogen and oxygen atoms in total. The van der Waals surface area contributed by atoms with Crippen molar-refractivity contribution in [3.63, 3.8) is 0 Å². The van der Waals surface area contributed by atoms with Gasteiger partial charge >= 0.3 is 0 Å². The van der Waals surface area contributed by atoms with Crippen LogP contribution in [0.5, 0.6) is 0 Å². The van der Waals surface area contributed by atoms with Crippen LogP contribution in [0.3, 0.4) is 0 Å². The van der Waals surface area contributed by atoms with E-state index in [9.17, 15) is 0 Å². The van der Waals surface area contributed by atoms with Gasteiger partial charge in [-0.05, 0) is 30.2 Å². The Bertz CT molecular complexity index is 364. The third-order valence-corrected chi connectivity index (χ3v) is 4.45. The van der Waals surface area contributed by atoms with Gasteiger partial charge in [-0.3, -0.25) is 0 Å². The van der Waals surface area contributed by atoms with Gasteiger partial charge < -0.3 is 4.57 Å². The predicted molar refractivity (Wildman–Crippen MR) is 69.2 cm³/mol. The second-order valence-corrected chi connectivity index (χ2v) is 7.03. The molecule has 16 heavy (non-hydrogen) atoms. The van der Waals surface area contributed by atoms with Crippen LogP contribution in [-0.2, 0) is 12.0 Å². The lowest BCUT2D eigenvalue weighted by molar-refractivity contribution is 0.491. The van der Waals surface area contributed by atoms with E-state index >= 15 is 0 Å². The van der Waals surface area contributed by atoms with E-state index in [1.165, 1.54) is 18.6 Å². The first kappa shape index (κ1) is 12.2. The van der Waals surface area contributed by atoms with Crippen LogP contribution in [0, 0.1) is 0 Å². The highest BCUT2D eigenvalue weighted by molar-refractivity contribution is 8.00. The van der Waals surface area contributed by atoms with Crippen LogP contribution in [0.4, 0.5) is 0 Å². The number of rotatable bonds is 2. The SMILES string of the molecule is CC(C)(C)c1nnc(Cl)n1CC1CCCS1. The highest BCUT2D eigenvalue weighted by Gasteiger charge is 2.26. The molecule has 1 unspecified atom stereocenters. The minimum Gasteiger partial charge on any atom is -0.300 e. The fourth-order valence-electron chi connectivity index (χ4n) is 1.99. The first-order valence-electron chi connectivity index (χ1n) is 5.69. The van der Waals surface area contributed by atoms with Gasteiger partial charge in [0.15, 0.2) is 0 Å². The molecule has 1 fully saturated rings. The van der Waals surface area contributed by atoms with E-state index < -0.39 is 0 Å². The zero-order chi connectivity index (χ0) is 11.8. The van der Waals surface area contributed by atoms with Crippen LogP contribution in [0.15, 0.2) is 0 Å². The first-order chi connectivity index (χ1) is 7.48. The topological polar surface area (TPSA) is 30.7 Å². The number of thioether (sulfide) groups is 1. The molecule has 1 aliphatic heterocycles. The smallest absolute Gasteiger partial charge is 0.225 e. The first-order valence-corrected chi connectivity index (χ1v) is 7.12. The average Bonchev–Trinajstić information content (AvgIpc) is 2.76. The number of hydrogen-bond acceptors (Lipinski definition) is 3. The highest BCUT2D eigenvalue weighted by Crippen LogP contribution is 2.30. The van der Waals surface area contributed by atoms with Gasteiger partial charge in [-0.2, -0.15) is 11.8 Å². The average molecular weight is 260 g/mol. The quantitative estimate of drug-likeness (QED) is 0.818. The Morgan fingerprint density at radius 3 is 2.75 bits per heavy atom. The summed E-state index contributed by atoms with van der Waals surface area (Å²) in [6.07, 6.45) is 2.60. The number of aromatic nitrogens is 3. The Labute approximate surface area is 106 Å². The zero-order valence-electron chi connectivity index (χ0n) is 10.0. The molecule has 0 aromatic carbocycles. The van der Waals surface area contributed by atoms with Crippen molar-refractivity contribution in [1.29, 1.82) is 0 Å². The molecule has 1 atom stereocenters. The Kier molecular flexibility index (Phi) is 3.50. The summed E-state index contributed by atoms with van der Waals surface area (Å²) in [4.78, 5) is 0. The van der Waals surface area contributed by atoms with Gasteiger partial charge in [-0.25, -0.2) is 0 Å². The van der Waals surface area contributed by atoms with E-state index in [-0.39, 0.29) is 5.41 Å². The molecule has 90 valence electrons. The van der Waals surface area contributed by atoms with Gasteiger partial charge in [0, 0.05) is 17.2 Å². The lowest BCUT2D eigenvalue weighted by Gasteiger charge is -2.20. The van der Waals surface area contributed by atoms with Crippen molar-refractivity contribution in [3.8, 4) is 0 Å². The maximum absolute atomic E-state index is 6.11. The molecule has 2 heterocycles. The highest BCUT2D eigenvalue weighted by atomic mass is 35.5. The van der Waals surface area contributed by atoms with E-state index in [0.29, 0.717) is 10.5 Å². The van der Waals surface area contributed by atoms with Crippen LogP contribution in [0.2, 0.25) is 5.28 Å². The van der Waals surface area contributed by atoms with Crippen molar-refractivity contribution in [3.05, 3.63) is 11.1 Å². The summed E-state index contributed by atoms with van der Waals surface area (Å²) in [6, 6.07) is 0. The van der Waals surface area contributed by atoms with Gasteiger partial charge in [-0.1, -0.05) is 20.8 Å². The molecular formula is C11H18ClN3S. The molecule has 0 N–H and O–H groups in total. The monoisotopic (exact) mass is 259 g/mol. The Balaban J connectivity index is 2.21. The third kappa shape index (κ3) is 2.54. The Morgan fingerprint density at radius 2 is 2.19 bits per heavy atom. The van der Waals surface area contributed by atoms with Gasteiger partial charge in [0.1, 0.15) is 5.82 Å². The molecule has 1 aromatic heterocycles. The largest absolute Gasteiger partial charge is 0.300 e. The maximum Gasteiger partial charge on any atom is 0.225 e. The summed E-state index contributed by atoms with van der Waals surface area (Å²) in [6.45, 7) is 7.38. The summed E-state index contributed by atoms with van der Waals surface area (Å²) >= 11 is 8.14. The number of halogens is 1. The molecule has 0 amide bonds. The van der Waals surface area contributed by atoms with E-state index in [1.807, 2.05) is 11.8 Å². The van der Waals surface area contributed by atoms with Gasteiger partial charge in [0.2, 0.25) is 5.28 Å². The predicted octanol–water partition coefficient (Wildman–Crippen LogP) is 3.12. The Hall–Kier alpha value is -0.220. The minimum absolute atomic E-state index is 0.00338. The maximum atomic E-state index is 6.11. The molecule has 0 radical (unpaired) electrons. The molecule has 0 saturated carbocycles. The van der Waals surface area contributed by atoms with E-state index in [2.05, 4.69) is 35.5 Å². The van der Waals surface area contributed by atoms with Crippen LogP contribution in [0.25, 0.3) is 0 Å². The van der Waals surface area contributed by atoms with Crippen LogP contribution in [-0.4, -0.2) is 25.8 Å². The normalized spacial score (nSPS) is 21.6. The second kappa shape index (κ2) is 4.57. The third-order valence-electron chi connectivity index (χ3n) is 2.79. The molecule has 0 aliphatic carbocycles. The summed E-state index contributed by atoms with van der Waals surface area (Å²) in [7, 11) is 0. The minimum atomic E-state index is 0.00338. The summed E-state index contributed by atoms with van der Waals surface area (Å²) in [5, 5.41) is 9.40. The van der Waals surface area contributed by atoms with E-state index in [4.69, 9.17) is 11.6 Å². The van der Waals surface area contributed by atoms with Gasteiger partial charge in [0.25, 0.3) is 0 Å². The fourth-order valence-corrected chi connectivity index (χ4v) is 3.43. The molecule has 1 saturated heterocycles. The second-order valence-electron chi connectivity index (χ2n) is 5.29. The van der Waals surface area contributed by atoms with E-state index in [0.717, 1.165) is 12.4 Å². The van der Waals surface area contributed by atoms with Crippen molar-refractivity contribution < 1.29 is 0 Å². The summed E-state index contributed by atoms with van der Waals surface area (Å²) in [5.74, 6) is 2.26. The number of hydrogen-bond donors (Lipinski definition) is 0. The lowest BCUT2D eigenvalue weighted by Crippen LogP contribution is -2.22. The van der Waals surface area contributed by atoms with Crippen LogP contribution >= 0.6 is 23.4 Å². The molecular weight excluding hydrogens is 242 g/mol. The lowest BCUT2D eigenvalue weighted by atomic mass is 9.95. The van der Waals surface area contributed by atoms with E-state index in [1.54, 1.807) is 0 Å². The summed E-state index contributed by atoms with van der Waals surface area (Å²) in [5.41, 5.74) is 0.00338. The molecule has 0 bridgehead atoms. The fraction of sp³-hybridized carbons (Fsp3) is 0.818. The Morgan fingerprint density at radius 1 is 1.44 bits per heavy atom. The van der Waals surface area contributed by atoms with Crippen molar-refractivity contribution >= 4 is 23.4 Å².